The van der Waals surface area contributed by atoms with Crippen LogP contribution in [0.2, 0.25) is 5.02 Å². The number of aromatic amines is 1. The number of ketones is 1. The van der Waals surface area contributed by atoms with Gasteiger partial charge in [-0.3, -0.25) is 4.79 Å². The molecule has 3 rings (SSSR count). The first-order chi connectivity index (χ1) is 13.7. The average Bonchev–Trinajstić information content (AvgIpc) is 3.16. The lowest BCUT2D eigenvalue weighted by molar-refractivity contribution is 0.103. The second kappa shape index (κ2) is 7.76. The van der Waals surface area contributed by atoms with E-state index in [4.69, 9.17) is 16.3 Å². The van der Waals surface area contributed by atoms with Gasteiger partial charge in [0.25, 0.3) is 0 Å². The maximum Gasteiger partial charge on any atom is 0.224 e. The molecule has 150 valence electrons. The minimum atomic E-state index is -4.38. The minimum absolute atomic E-state index is 0.129. The molecule has 0 amide bonds. The van der Waals surface area contributed by atoms with Crippen molar-refractivity contribution in [2.24, 2.45) is 0 Å². The maximum absolute atomic E-state index is 13.9. The van der Waals surface area contributed by atoms with Gasteiger partial charge in [-0.15, -0.1) is 0 Å². The molecule has 0 aliphatic heterocycles. The van der Waals surface area contributed by atoms with Gasteiger partial charge in [0.15, 0.2) is 0 Å². The lowest BCUT2D eigenvalue weighted by Gasteiger charge is -2.09. The van der Waals surface area contributed by atoms with Gasteiger partial charge in [0.05, 0.1) is 22.6 Å². The van der Waals surface area contributed by atoms with Gasteiger partial charge in [-0.05, 0) is 24.3 Å². The summed E-state index contributed by atoms with van der Waals surface area (Å²) < 4.78 is 58.4. The fourth-order valence-corrected chi connectivity index (χ4v) is 4.14. The molecule has 0 saturated heterocycles. The van der Waals surface area contributed by atoms with Crippen LogP contribution >= 0.6 is 11.6 Å². The number of ether oxygens (including phenoxy) is 1. The molecule has 2 aromatic carbocycles. The molecule has 0 saturated carbocycles. The average molecular weight is 439 g/mol. The summed E-state index contributed by atoms with van der Waals surface area (Å²) >= 11 is 5.96. The molecule has 0 bridgehead atoms. The van der Waals surface area contributed by atoms with Crippen molar-refractivity contribution in [1.82, 2.24) is 9.97 Å². The molecule has 0 fully saturated rings. The van der Waals surface area contributed by atoms with Crippen molar-refractivity contribution in [2.75, 3.05) is 7.11 Å². The lowest BCUT2D eigenvalue weighted by Crippen LogP contribution is -2.14. The Kier molecular flexibility index (Phi) is 5.54. The summed E-state index contributed by atoms with van der Waals surface area (Å²) in [7, 11) is -3.04. The van der Waals surface area contributed by atoms with Crippen LogP contribution in [0.25, 0.3) is 11.4 Å². The molecule has 3 aromatic rings. The summed E-state index contributed by atoms with van der Waals surface area (Å²) in [6.45, 7) is 3.35. The van der Waals surface area contributed by atoms with Crippen LogP contribution in [0.1, 0.15) is 10.5 Å². The molecule has 1 N–H and O–H groups in total. The zero-order valence-electron chi connectivity index (χ0n) is 14.9. The van der Waals surface area contributed by atoms with E-state index >= 15 is 0 Å². The Bertz CT molecular complexity index is 1220. The fourth-order valence-electron chi connectivity index (χ4n) is 2.50. The molecule has 0 radical (unpaired) electrons. The molecule has 10 heteroatoms. The van der Waals surface area contributed by atoms with Crippen LogP contribution in [0.5, 0.6) is 5.75 Å². The van der Waals surface area contributed by atoms with Gasteiger partial charge < -0.3 is 9.72 Å². The molecule has 0 unspecified atom stereocenters. The number of rotatable bonds is 6. The highest BCUT2D eigenvalue weighted by atomic mass is 35.5. The van der Waals surface area contributed by atoms with Crippen LogP contribution in [0, 0.1) is 11.6 Å². The Morgan fingerprint density at radius 2 is 1.86 bits per heavy atom. The fraction of sp³-hybridized carbons (Fsp3) is 0.0526. The van der Waals surface area contributed by atoms with Crippen LogP contribution in [0.4, 0.5) is 8.78 Å². The second-order valence-corrected chi connectivity index (χ2v) is 8.13. The van der Waals surface area contributed by atoms with Crippen molar-refractivity contribution < 1.29 is 26.7 Å². The standard InChI is InChI=1S/C19H13ClF2N2O4S/c1-10(29(26,27)16-8-11(28-2)6-7-12(16)20)18(25)15-9-23-19(24-15)17-13(21)4-3-5-14(17)22/h3-9H,1H2,2H3,(H,23,24). The Balaban J connectivity index is 1.97. The van der Waals surface area contributed by atoms with Crippen molar-refractivity contribution in [3.05, 3.63) is 76.4 Å². The number of aromatic nitrogens is 2. The van der Waals surface area contributed by atoms with E-state index in [1.54, 1.807) is 0 Å². The Morgan fingerprint density at radius 3 is 2.48 bits per heavy atom. The Morgan fingerprint density at radius 1 is 1.21 bits per heavy atom. The van der Waals surface area contributed by atoms with Gasteiger partial charge in [0.2, 0.25) is 15.6 Å². The Hall–Kier alpha value is -3.04. The van der Waals surface area contributed by atoms with Crippen LogP contribution in [-0.2, 0) is 9.84 Å². The van der Waals surface area contributed by atoms with Gasteiger partial charge in [-0.2, -0.15) is 0 Å². The van der Waals surface area contributed by atoms with E-state index in [1.807, 2.05) is 0 Å². The zero-order valence-corrected chi connectivity index (χ0v) is 16.4. The normalized spacial score (nSPS) is 11.3. The lowest BCUT2D eigenvalue weighted by atomic mass is 10.2. The molecular weight excluding hydrogens is 426 g/mol. The molecule has 29 heavy (non-hydrogen) atoms. The first kappa shape index (κ1) is 20.7. The summed E-state index contributed by atoms with van der Waals surface area (Å²) in [5.74, 6) is -2.90. The van der Waals surface area contributed by atoms with E-state index in [1.165, 1.54) is 25.3 Å². The van der Waals surface area contributed by atoms with E-state index in [0.717, 1.165) is 24.4 Å². The molecule has 1 heterocycles. The smallest absolute Gasteiger partial charge is 0.224 e. The van der Waals surface area contributed by atoms with Gasteiger partial charge in [0.1, 0.15) is 33.8 Å². The Labute approximate surface area is 169 Å². The number of carbonyl (C=O) groups is 1. The number of hydrogen-bond acceptors (Lipinski definition) is 5. The number of H-pyrrole nitrogens is 1. The van der Waals surface area contributed by atoms with Crippen molar-refractivity contribution in [1.29, 1.82) is 0 Å². The topological polar surface area (TPSA) is 89.1 Å². The van der Waals surface area contributed by atoms with Crippen molar-refractivity contribution in [3.63, 3.8) is 0 Å². The number of Topliss-reactive ketones (excluding diaryl/α,β-unsaturated/α-hetero) is 1. The van der Waals surface area contributed by atoms with Gasteiger partial charge in [-0.25, -0.2) is 22.2 Å². The second-order valence-electron chi connectivity index (χ2n) is 5.78. The number of carbonyl (C=O) groups excluding carboxylic acids is 1. The summed E-state index contributed by atoms with van der Waals surface area (Å²) in [6.07, 6.45) is 1.04. The quantitative estimate of drug-likeness (QED) is 0.460. The van der Waals surface area contributed by atoms with Crippen LogP contribution in [-0.4, -0.2) is 31.3 Å². The number of nitrogens with zero attached hydrogens (tertiary/aromatic N) is 1. The predicted octanol–water partition coefficient (Wildman–Crippen LogP) is 4.19. The van der Waals surface area contributed by atoms with Crippen LogP contribution < -0.4 is 4.74 Å². The largest absolute Gasteiger partial charge is 0.497 e. The molecule has 1 aromatic heterocycles. The SMILES string of the molecule is C=C(C(=O)c1c[nH]c(-c2c(F)cccc2F)n1)S(=O)(=O)c1cc(OC)ccc1Cl. The summed E-state index contributed by atoms with van der Waals surface area (Å²) in [6, 6.07) is 7.14. The zero-order chi connectivity index (χ0) is 21.3. The van der Waals surface area contributed by atoms with Crippen molar-refractivity contribution >= 4 is 27.2 Å². The number of methoxy groups -OCH3 is 1. The predicted molar refractivity (Wildman–Crippen MR) is 103 cm³/mol. The van der Waals surface area contributed by atoms with E-state index in [0.29, 0.717) is 0 Å². The number of allylic oxidation sites excluding steroid dienone is 1. The molecular formula is C19H13ClF2N2O4S. The molecule has 6 nitrogen and oxygen atoms in total. The monoisotopic (exact) mass is 438 g/mol. The van der Waals surface area contributed by atoms with Crippen molar-refractivity contribution in [3.8, 4) is 17.1 Å². The van der Waals surface area contributed by atoms with Crippen LogP contribution in [0.15, 0.2) is 59.0 Å². The van der Waals surface area contributed by atoms with E-state index in [-0.39, 0.29) is 27.2 Å². The summed E-state index contributed by atoms with van der Waals surface area (Å²) in [4.78, 5) is 17.7. The third kappa shape index (κ3) is 3.79. The van der Waals surface area contributed by atoms with E-state index in [9.17, 15) is 22.0 Å². The van der Waals surface area contributed by atoms with Crippen molar-refractivity contribution in [2.45, 2.75) is 4.90 Å². The third-order valence-electron chi connectivity index (χ3n) is 4.02. The summed E-state index contributed by atoms with van der Waals surface area (Å²) in [5.41, 5.74) is -0.855. The number of hydrogen-bond donors (Lipinski definition) is 1. The number of benzene rings is 2. The van der Waals surface area contributed by atoms with Gasteiger partial charge in [-0.1, -0.05) is 24.2 Å². The first-order valence-electron chi connectivity index (χ1n) is 7.99. The van der Waals surface area contributed by atoms with E-state index in [2.05, 4.69) is 16.5 Å². The maximum atomic E-state index is 13.9. The number of sulfone groups is 1. The molecule has 0 aliphatic carbocycles. The van der Waals surface area contributed by atoms with Gasteiger partial charge >= 0.3 is 0 Å². The highest BCUT2D eigenvalue weighted by molar-refractivity contribution is 7.96. The number of nitrogens with one attached hydrogen (secondary N) is 1. The number of halogens is 3. The van der Waals surface area contributed by atoms with Crippen LogP contribution in [0.3, 0.4) is 0 Å². The highest BCUT2D eigenvalue weighted by Crippen LogP contribution is 2.31. The first-order valence-corrected chi connectivity index (χ1v) is 9.85. The number of imidazole rings is 1. The van der Waals surface area contributed by atoms with Gasteiger partial charge in [0, 0.05) is 12.3 Å². The third-order valence-corrected chi connectivity index (χ3v) is 6.21. The van der Waals surface area contributed by atoms with E-state index < -0.39 is 37.7 Å². The minimum Gasteiger partial charge on any atom is -0.497 e. The molecule has 0 aliphatic rings. The molecule has 0 atom stereocenters. The highest BCUT2D eigenvalue weighted by Gasteiger charge is 2.30. The molecule has 0 spiro atoms. The summed E-state index contributed by atoms with van der Waals surface area (Å²) in [5, 5.41) is -0.129.